The van der Waals surface area contributed by atoms with Crippen molar-refractivity contribution in [3.8, 4) is 0 Å². The maximum absolute atomic E-state index is 12.6. The zero-order valence-corrected chi connectivity index (χ0v) is 28.4. The minimum atomic E-state index is -0.308. The van der Waals surface area contributed by atoms with Crippen LogP contribution in [-0.2, 0) is 22.7 Å². The molecule has 1 aliphatic heterocycles. The van der Waals surface area contributed by atoms with Gasteiger partial charge in [-0.25, -0.2) is 0 Å². The van der Waals surface area contributed by atoms with Crippen LogP contribution < -0.4 is 32.0 Å². The van der Waals surface area contributed by atoms with Gasteiger partial charge in [-0.1, -0.05) is 0 Å². The number of nitrogens with one attached hydrogen (secondary N) is 3. The first-order valence-corrected chi connectivity index (χ1v) is 18.7. The Morgan fingerprint density at radius 2 is 1.24 bits per heavy atom. The third-order valence-corrected chi connectivity index (χ3v) is 13.3. The predicted molar refractivity (Wildman–Crippen MR) is 176 cm³/mol. The van der Waals surface area contributed by atoms with Crippen molar-refractivity contribution in [1.29, 1.82) is 0 Å². The molecule has 2 aromatic carbocycles. The molecular formula is C27H24N10O4S2Se2. The van der Waals surface area contributed by atoms with Crippen LogP contribution in [0.4, 0.5) is 20.5 Å². The average Bonchev–Trinajstić information content (AvgIpc) is 3.82. The summed E-state index contributed by atoms with van der Waals surface area (Å²) in [6, 6.07) is 15.0. The fourth-order valence-corrected chi connectivity index (χ4v) is 10.7. The van der Waals surface area contributed by atoms with Gasteiger partial charge in [0.1, 0.15) is 0 Å². The Kier molecular flexibility index (Phi) is 8.49. The van der Waals surface area contributed by atoms with Crippen molar-refractivity contribution in [2.45, 2.75) is 32.0 Å². The summed E-state index contributed by atoms with van der Waals surface area (Å²) >= 11 is 2.12. The van der Waals surface area contributed by atoms with Gasteiger partial charge in [0.2, 0.25) is 0 Å². The van der Waals surface area contributed by atoms with E-state index in [2.05, 4.69) is 41.2 Å². The van der Waals surface area contributed by atoms with Gasteiger partial charge >= 0.3 is 276 Å². The zero-order chi connectivity index (χ0) is 30.9. The predicted octanol–water partition coefficient (Wildman–Crippen LogP) is 1.49. The second-order valence-corrected chi connectivity index (χ2v) is 16.6. The Hall–Kier alpha value is -3.92. The normalized spacial score (nSPS) is 13.8. The van der Waals surface area contributed by atoms with Crippen LogP contribution in [0.2, 0.25) is 0 Å². The van der Waals surface area contributed by atoms with Crippen molar-refractivity contribution >= 4 is 104 Å². The standard InChI is InChI=1S/C27H24N10O4S2Se2/c38-20(13-36-22(40)16-5-1-3-7-18(16)44-36)29-25-32-31-24(42-25)28-15-9-11-35(12-10-15)27-34-33-26(43-27)30-21(39)14-37-23(41)17-6-2-4-8-19(17)45-37/h1-8,15H,9-14H2,(H,28,31)(H,29,32,38)(H,30,33,39). The number of piperidine rings is 1. The molecule has 0 saturated carbocycles. The first-order valence-electron chi connectivity index (χ1n) is 13.9. The summed E-state index contributed by atoms with van der Waals surface area (Å²) in [7, 11) is 0. The Balaban J connectivity index is 0.878. The van der Waals surface area contributed by atoms with E-state index in [1.54, 1.807) is 19.3 Å². The molecule has 1 saturated heterocycles. The molecule has 18 heteroatoms. The number of carbonyl (C=O) groups is 2. The first-order chi connectivity index (χ1) is 21.9. The van der Waals surface area contributed by atoms with E-state index in [0.717, 1.165) is 39.6 Å². The van der Waals surface area contributed by atoms with E-state index >= 15 is 0 Å². The molecule has 4 aromatic heterocycles. The molecule has 1 aliphatic rings. The van der Waals surface area contributed by atoms with Crippen LogP contribution in [-0.4, -0.2) is 87.9 Å². The maximum atomic E-state index is 12.6. The van der Waals surface area contributed by atoms with Crippen LogP contribution in [0.3, 0.4) is 0 Å². The van der Waals surface area contributed by atoms with Gasteiger partial charge in [-0.05, 0) is 0 Å². The van der Waals surface area contributed by atoms with Crippen LogP contribution in [0.15, 0.2) is 58.1 Å². The Labute approximate surface area is 274 Å². The van der Waals surface area contributed by atoms with Gasteiger partial charge in [0.05, 0.1) is 0 Å². The summed E-state index contributed by atoms with van der Waals surface area (Å²) in [5.74, 6) is -0.607. The molecule has 0 spiro atoms. The molecule has 0 atom stereocenters. The number of nitrogens with zero attached hydrogens (tertiary/aromatic N) is 7. The monoisotopic (exact) mass is 776 g/mol. The molecule has 0 bridgehead atoms. The molecule has 45 heavy (non-hydrogen) atoms. The van der Waals surface area contributed by atoms with Crippen molar-refractivity contribution < 1.29 is 9.59 Å². The van der Waals surface area contributed by atoms with E-state index in [9.17, 15) is 19.2 Å². The van der Waals surface area contributed by atoms with Crippen LogP contribution in [0, 0.1) is 0 Å². The van der Waals surface area contributed by atoms with E-state index in [1.165, 1.54) is 22.7 Å². The van der Waals surface area contributed by atoms with Gasteiger partial charge in [-0.15, -0.1) is 0 Å². The quantitative estimate of drug-likeness (QED) is 0.183. The van der Waals surface area contributed by atoms with Crippen molar-refractivity contribution in [1.82, 2.24) is 27.5 Å². The fourth-order valence-electron chi connectivity index (χ4n) is 4.94. The zero-order valence-electron chi connectivity index (χ0n) is 23.3. The molecule has 0 aliphatic carbocycles. The van der Waals surface area contributed by atoms with Crippen LogP contribution in [0.5, 0.6) is 0 Å². The van der Waals surface area contributed by atoms with Gasteiger partial charge in [-0.3, -0.25) is 0 Å². The van der Waals surface area contributed by atoms with E-state index in [4.69, 9.17) is 0 Å². The number of fused-ring (bicyclic) bond motifs is 2. The van der Waals surface area contributed by atoms with Gasteiger partial charge in [0.15, 0.2) is 0 Å². The molecule has 0 unspecified atom stereocenters. The summed E-state index contributed by atoms with van der Waals surface area (Å²) in [4.78, 5) is 52.5. The van der Waals surface area contributed by atoms with Gasteiger partial charge in [-0.2, -0.15) is 0 Å². The fraction of sp³-hybridized carbons (Fsp3) is 0.259. The Morgan fingerprint density at radius 1 is 0.733 bits per heavy atom. The van der Waals surface area contributed by atoms with Crippen LogP contribution >= 0.6 is 22.7 Å². The summed E-state index contributed by atoms with van der Waals surface area (Å²) in [5, 5.41) is 29.0. The van der Waals surface area contributed by atoms with E-state index in [0.29, 0.717) is 26.2 Å². The number of benzene rings is 2. The van der Waals surface area contributed by atoms with Crippen molar-refractivity contribution in [3.05, 3.63) is 69.2 Å². The van der Waals surface area contributed by atoms with Gasteiger partial charge in [0.25, 0.3) is 0 Å². The third kappa shape index (κ3) is 6.57. The Morgan fingerprint density at radius 3 is 1.82 bits per heavy atom. The van der Waals surface area contributed by atoms with E-state index < -0.39 is 0 Å². The van der Waals surface area contributed by atoms with Crippen molar-refractivity contribution in [3.63, 3.8) is 0 Å². The van der Waals surface area contributed by atoms with Crippen molar-refractivity contribution in [2.75, 3.05) is 33.9 Å². The molecule has 5 heterocycles. The van der Waals surface area contributed by atoms with E-state index in [-0.39, 0.29) is 71.5 Å². The minimum absolute atomic E-state index is 0.0237. The summed E-state index contributed by atoms with van der Waals surface area (Å²) < 4.78 is 5.12. The number of anilines is 4. The number of hydrogen-bond donors (Lipinski definition) is 3. The molecule has 7 rings (SSSR count). The number of carbonyl (C=O) groups excluding carboxylic acids is 2. The Bertz CT molecular complexity index is 2140. The summed E-state index contributed by atoms with van der Waals surface area (Å²) in [6.07, 6.45) is 1.64. The van der Waals surface area contributed by atoms with Crippen LogP contribution in [0.25, 0.3) is 19.3 Å². The summed E-state index contributed by atoms with van der Waals surface area (Å²) in [5.41, 5.74) is -0.240. The topological polar surface area (TPSA) is 169 Å². The number of aromatic nitrogens is 6. The average molecular weight is 775 g/mol. The molecule has 0 radical (unpaired) electrons. The third-order valence-electron chi connectivity index (χ3n) is 7.10. The van der Waals surface area contributed by atoms with Gasteiger partial charge < -0.3 is 0 Å². The first kappa shape index (κ1) is 29.8. The number of rotatable bonds is 9. The molecule has 3 N–H and O–H groups in total. The molecule has 1 fully saturated rings. The second kappa shape index (κ2) is 12.8. The van der Waals surface area contributed by atoms with E-state index in [1.807, 2.05) is 36.4 Å². The van der Waals surface area contributed by atoms with Gasteiger partial charge in [0, 0.05) is 0 Å². The second-order valence-electron chi connectivity index (χ2n) is 10.2. The SMILES string of the molecule is O=C(Cn1[se]c2ccccc2c1=O)Nc1nnc(NC2CCN(c3nnc(NC(=O)Cn4[se]c5ccccc5c4=O)s3)CC2)s1. The van der Waals surface area contributed by atoms with Crippen molar-refractivity contribution in [2.24, 2.45) is 0 Å². The molecular weight excluding hydrogens is 750 g/mol. The molecule has 230 valence electrons. The summed E-state index contributed by atoms with van der Waals surface area (Å²) in [6.45, 7) is 1.42. The van der Waals surface area contributed by atoms with Crippen LogP contribution in [0.1, 0.15) is 12.8 Å². The number of amides is 2. The molecule has 2 amide bonds. The molecule has 14 nitrogen and oxygen atoms in total. The number of hydrogen-bond acceptors (Lipinski definition) is 12. The molecule has 6 aromatic rings.